The lowest BCUT2D eigenvalue weighted by Gasteiger charge is -2.38. The molecule has 1 N–H and O–H groups in total. The van der Waals surface area contributed by atoms with Crippen molar-refractivity contribution < 1.29 is 28.6 Å². The Labute approximate surface area is 196 Å². The molecule has 1 heterocycles. The highest BCUT2D eigenvalue weighted by molar-refractivity contribution is 6.42. The van der Waals surface area contributed by atoms with Gasteiger partial charge in [0.15, 0.2) is 5.78 Å². The van der Waals surface area contributed by atoms with Crippen molar-refractivity contribution in [3.63, 3.8) is 0 Å². The molecule has 0 fully saturated rings. The van der Waals surface area contributed by atoms with Gasteiger partial charge in [-0.15, -0.1) is 0 Å². The molecule has 0 amide bonds. The van der Waals surface area contributed by atoms with E-state index in [-0.39, 0.29) is 35.5 Å². The lowest BCUT2D eigenvalue weighted by molar-refractivity contribution is -0.151. The first-order valence-electron chi connectivity index (χ1n) is 10.1. The predicted octanol–water partition coefficient (Wildman–Crippen LogP) is 3.80. The summed E-state index contributed by atoms with van der Waals surface area (Å²) in [6, 6.07) is 4.94. The molecular formula is C23H25Cl2NO6. The number of allylic oxidation sites excluding steroid dienone is 3. The van der Waals surface area contributed by atoms with Crippen molar-refractivity contribution in [1.29, 1.82) is 0 Å². The number of benzene rings is 1. The first kappa shape index (κ1) is 24.3. The second-order valence-corrected chi connectivity index (χ2v) is 8.65. The third-order valence-corrected chi connectivity index (χ3v) is 6.50. The fraction of sp³-hybridized carbons (Fsp3) is 0.435. The number of Topliss-reactive ketones (excluding diaryl/α,β-unsaturated/α-hetero) is 1. The Bertz CT molecular complexity index is 1020. The molecule has 0 aromatic heterocycles. The van der Waals surface area contributed by atoms with Crippen LogP contribution in [0.25, 0.3) is 0 Å². The van der Waals surface area contributed by atoms with Crippen LogP contribution in [0, 0.1) is 11.8 Å². The van der Waals surface area contributed by atoms with Gasteiger partial charge in [-0.25, -0.2) is 4.79 Å². The summed E-state index contributed by atoms with van der Waals surface area (Å²) in [5.41, 5.74) is 2.44. The maximum atomic E-state index is 13.6. The van der Waals surface area contributed by atoms with Crippen molar-refractivity contribution in [3.05, 3.63) is 56.3 Å². The van der Waals surface area contributed by atoms with Gasteiger partial charge in [0.2, 0.25) is 0 Å². The third kappa shape index (κ3) is 4.56. The number of hydrogen-bond donors (Lipinski definition) is 1. The summed E-state index contributed by atoms with van der Waals surface area (Å²) in [5.74, 6) is -3.58. The molecule has 0 spiro atoms. The van der Waals surface area contributed by atoms with E-state index in [4.69, 9.17) is 37.4 Å². The molecule has 0 saturated carbocycles. The first-order valence-corrected chi connectivity index (χ1v) is 10.9. The molecule has 1 aromatic carbocycles. The Hall–Kier alpha value is -2.35. The van der Waals surface area contributed by atoms with E-state index in [9.17, 15) is 14.4 Å². The maximum absolute atomic E-state index is 13.6. The number of carbonyl (C=O) groups is 3. The van der Waals surface area contributed by atoms with Crippen LogP contribution in [-0.4, -0.2) is 45.2 Å². The molecule has 1 aliphatic carbocycles. The summed E-state index contributed by atoms with van der Waals surface area (Å²) < 4.78 is 15.2. The molecule has 0 unspecified atom stereocenters. The molecular weight excluding hydrogens is 457 g/mol. The van der Waals surface area contributed by atoms with Crippen molar-refractivity contribution in [3.8, 4) is 0 Å². The van der Waals surface area contributed by atoms with Crippen molar-refractivity contribution >= 4 is 40.9 Å². The van der Waals surface area contributed by atoms with E-state index in [2.05, 4.69) is 5.32 Å². The van der Waals surface area contributed by atoms with Gasteiger partial charge in [-0.1, -0.05) is 36.2 Å². The highest BCUT2D eigenvalue weighted by atomic mass is 35.5. The summed E-state index contributed by atoms with van der Waals surface area (Å²) in [4.78, 5) is 39.1. The number of halogens is 2. The van der Waals surface area contributed by atoms with E-state index in [1.165, 1.54) is 14.2 Å². The van der Waals surface area contributed by atoms with Crippen LogP contribution in [0.1, 0.15) is 31.7 Å². The van der Waals surface area contributed by atoms with E-state index in [1.807, 2.05) is 6.92 Å². The fourth-order valence-electron chi connectivity index (χ4n) is 4.27. The van der Waals surface area contributed by atoms with Crippen LogP contribution in [0.5, 0.6) is 0 Å². The van der Waals surface area contributed by atoms with Gasteiger partial charge >= 0.3 is 11.9 Å². The minimum atomic E-state index is -0.963. The van der Waals surface area contributed by atoms with Gasteiger partial charge in [-0.2, -0.15) is 0 Å². The summed E-state index contributed by atoms with van der Waals surface area (Å²) in [7, 11) is 2.76. The number of methoxy groups -OCH3 is 2. The average molecular weight is 482 g/mol. The summed E-state index contributed by atoms with van der Waals surface area (Å²) in [6.45, 7) is 3.87. The second kappa shape index (κ2) is 10.1. The highest BCUT2D eigenvalue weighted by Gasteiger charge is 2.47. The fourth-order valence-corrected chi connectivity index (χ4v) is 4.58. The first-order chi connectivity index (χ1) is 15.2. The quantitative estimate of drug-likeness (QED) is 0.375. The molecule has 0 radical (unpaired) electrons. The van der Waals surface area contributed by atoms with Crippen molar-refractivity contribution in [2.75, 3.05) is 27.4 Å². The van der Waals surface area contributed by atoms with Crippen LogP contribution in [0.3, 0.4) is 0 Å². The molecule has 1 aromatic rings. The van der Waals surface area contributed by atoms with Crippen LogP contribution in [0.2, 0.25) is 10.0 Å². The minimum Gasteiger partial charge on any atom is -0.468 e. The van der Waals surface area contributed by atoms with Gasteiger partial charge in [0.1, 0.15) is 12.5 Å². The smallest absolute Gasteiger partial charge is 0.336 e. The maximum Gasteiger partial charge on any atom is 0.336 e. The van der Waals surface area contributed by atoms with Crippen molar-refractivity contribution in [2.24, 2.45) is 11.8 Å². The Kier molecular flexibility index (Phi) is 7.64. The van der Waals surface area contributed by atoms with E-state index in [0.29, 0.717) is 34.0 Å². The van der Waals surface area contributed by atoms with Crippen LogP contribution in [0.4, 0.5) is 0 Å². The molecule has 172 valence electrons. The molecule has 3 rings (SSSR count). The lowest BCUT2D eigenvalue weighted by atomic mass is 9.69. The standard InChI is InChI=1S/C23H25Cl2NO6/c1-11-9-16-20(21(27)17(11)22(28)31-4)19(13-5-6-14(24)15(25)10-13)18(12(2)26-16)23(29)32-8-7-30-3/h5-6,10-11,17,19,26H,7-9H2,1-4H3/t11-,17-,19+/m1/s1. The normalized spacial score (nSPS) is 22.9. The Balaban J connectivity index is 2.14. The average Bonchev–Trinajstić information content (AvgIpc) is 2.74. The zero-order chi connectivity index (χ0) is 23.6. The Morgan fingerprint density at radius 2 is 1.88 bits per heavy atom. The van der Waals surface area contributed by atoms with Gasteiger partial charge in [-0.05, 0) is 37.0 Å². The van der Waals surface area contributed by atoms with Crippen LogP contribution in [-0.2, 0) is 28.6 Å². The molecule has 3 atom stereocenters. The zero-order valence-corrected chi connectivity index (χ0v) is 19.8. The Morgan fingerprint density at radius 3 is 2.50 bits per heavy atom. The lowest BCUT2D eigenvalue weighted by Crippen LogP contribution is -2.43. The van der Waals surface area contributed by atoms with Crippen LogP contribution >= 0.6 is 23.2 Å². The van der Waals surface area contributed by atoms with Crippen molar-refractivity contribution in [1.82, 2.24) is 5.32 Å². The SMILES string of the molecule is COCCOC(=O)C1=C(C)NC2=C(C(=O)[C@H](C(=O)OC)[C@H](C)C2)[C@H]1c1ccc(Cl)c(Cl)c1. The zero-order valence-electron chi connectivity index (χ0n) is 18.3. The van der Waals surface area contributed by atoms with Gasteiger partial charge in [0, 0.05) is 30.0 Å². The molecule has 0 saturated heterocycles. The number of hydrogen-bond acceptors (Lipinski definition) is 7. The molecule has 7 nitrogen and oxygen atoms in total. The van der Waals surface area contributed by atoms with E-state index in [1.54, 1.807) is 25.1 Å². The van der Waals surface area contributed by atoms with E-state index in [0.717, 1.165) is 0 Å². The van der Waals surface area contributed by atoms with Gasteiger partial charge in [0.25, 0.3) is 0 Å². The Morgan fingerprint density at radius 1 is 1.16 bits per heavy atom. The molecule has 1 aliphatic heterocycles. The van der Waals surface area contributed by atoms with Crippen LogP contribution < -0.4 is 5.32 Å². The molecule has 32 heavy (non-hydrogen) atoms. The molecule has 2 aliphatic rings. The number of carbonyl (C=O) groups excluding carboxylic acids is 3. The minimum absolute atomic E-state index is 0.0574. The number of dihydropyridines is 1. The van der Waals surface area contributed by atoms with Crippen LogP contribution in [0.15, 0.2) is 40.7 Å². The second-order valence-electron chi connectivity index (χ2n) is 7.84. The van der Waals surface area contributed by atoms with E-state index < -0.39 is 23.8 Å². The molecule has 0 bridgehead atoms. The highest BCUT2D eigenvalue weighted by Crippen LogP contribution is 2.46. The number of rotatable bonds is 6. The number of esters is 2. The topological polar surface area (TPSA) is 90.9 Å². The number of ketones is 1. The largest absolute Gasteiger partial charge is 0.468 e. The predicted molar refractivity (Wildman–Crippen MR) is 119 cm³/mol. The van der Waals surface area contributed by atoms with Gasteiger partial charge in [-0.3, -0.25) is 9.59 Å². The summed E-state index contributed by atoms with van der Waals surface area (Å²) >= 11 is 12.4. The summed E-state index contributed by atoms with van der Waals surface area (Å²) in [5, 5.41) is 3.83. The monoisotopic (exact) mass is 481 g/mol. The number of ether oxygens (including phenoxy) is 3. The third-order valence-electron chi connectivity index (χ3n) is 5.76. The van der Waals surface area contributed by atoms with Gasteiger partial charge in [0.05, 0.1) is 29.3 Å². The van der Waals surface area contributed by atoms with Gasteiger partial charge < -0.3 is 19.5 Å². The summed E-state index contributed by atoms with van der Waals surface area (Å²) in [6.07, 6.45) is 0.446. The van der Waals surface area contributed by atoms with E-state index >= 15 is 0 Å². The number of nitrogens with one attached hydrogen (secondary N) is 1. The molecule has 9 heteroatoms. The van der Waals surface area contributed by atoms with Crippen molar-refractivity contribution in [2.45, 2.75) is 26.2 Å².